The van der Waals surface area contributed by atoms with Crippen molar-refractivity contribution in [2.75, 3.05) is 57.1 Å². The first-order chi connectivity index (χ1) is 19.1. The molecule has 4 aromatic rings. The third kappa shape index (κ3) is 8.02. The topological polar surface area (TPSA) is 54.0 Å². The van der Waals surface area contributed by atoms with Gasteiger partial charge < -0.3 is 24.0 Å². The minimum absolute atomic E-state index is 0.571. The Morgan fingerprint density at radius 3 is 2.00 bits per heavy atom. The monoisotopic (exact) mass is 541 g/mol. The predicted molar refractivity (Wildman–Crippen MR) is 162 cm³/mol. The molecule has 202 valence electrons. The second-order valence-electron chi connectivity index (χ2n) is 9.16. The van der Waals surface area contributed by atoms with E-state index in [0.717, 1.165) is 38.2 Å². The van der Waals surface area contributed by atoms with Gasteiger partial charge in [-0.05, 0) is 84.7 Å². The van der Waals surface area contributed by atoms with E-state index in [2.05, 4.69) is 94.4 Å². The molecule has 0 saturated carbocycles. The van der Waals surface area contributed by atoms with Crippen LogP contribution < -0.4 is 19.1 Å². The van der Waals surface area contributed by atoms with Crippen molar-refractivity contribution < 1.29 is 14.3 Å². The number of rotatable bonds is 8. The number of likely N-dealkylation sites (N-methyl/N-ethyl adjacent to an activating group) is 1. The van der Waals surface area contributed by atoms with Crippen molar-refractivity contribution in [2.24, 2.45) is 0 Å². The van der Waals surface area contributed by atoms with Gasteiger partial charge in [-0.3, -0.25) is 4.79 Å². The lowest BCUT2D eigenvalue weighted by molar-refractivity contribution is 0.112. The van der Waals surface area contributed by atoms with Crippen molar-refractivity contribution in [3.63, 3.8) is 0 Å². The maximum absolute atomic E-state index is 10.4. The number of hydrogen-bond acceptors (Lipinski definition) is 7. The fraction of sp³-hybridized carbons (Fsp3) is 0.219. The molecule has 0 atom stereocenters. The van der Waals surface area contributed by atoms with Crippen LogP contribution in [-0.4, -0.2) is 58.6 Å². The van der Waals surface area contributed by atoms with E-state index in [1.807, 2.05) is 6.07 Å². The SMILES string of the molecule is CN1CCN(c2ccc(NSc3ccc(-c4ccccc4)cc3)cc2)CC1.COc1ccc(C=O)cc1OC. The normalized spacial score (nSPS) is 13.2. The van der Waals surface area contributed by atoms with Crippen molar-refractivity contribution >= 4 is 29.6 Å². The van der Waals surface area contributed by atoms with Gasteiger partial charge in [0.05, 0.1) is 14.2 Å². The van der Waals surface area contributed by atoms with Gasteiger partial charge >= 0.3 is 0 Å². The number of aldehydes is 1. The highest BCUT2D eigenvalue weighted by Gasteiger charge is 2.14. The second-order valence-corrected chi connectivity index (χ2v) is 10.0. The quantitative estimate of drug-likeness (QED) is 0.196. The first kappa shape index (κ1) is 28.1. The zero-order valence-corrected chi connectivity index (χ0v) is 23.5. The van der Waals surface area contributed by atoms with E-state index in [1.165, 1.54) is 28.8 Å². The van der Waals surface area contributed by atoms with Crippen LogP contribution in [0.2, 0.25) is 0 Å². The minimum Gasteiger partial charge on any atom is -0.493 e. The van der Waals surface area contributed by atoms with E-state index in [-0.39, 0.29) is 0 Å². The number of carbonyl (C=O) groups excluding carboxylic acids is 1. The molecular formula is C32H35N3O3S. The van der Waals surface area contributed by atoms with E-state index < -0.39 is 0 Å². The highest BCUT2D eigenvalue weighted by atomic mass is 32.2. The van der Waals surface area contributed by atoms with Gasteiger partial charge in [-0.25, -0.2) is 0 Å². The lowest BCUT2D eigenvalue weighted by Gasteiger charge is -2.34. The number of methoxy groups -OCH3 is 2. The molecule has 1 aliphatic rings. The standard InChI is InChI=1S/C23H25N3S.C9H10O3/c1-25-15-17-26(18-16-25)22-11-9-21(10-12-22)24-27-23-13-7-20(8-14-23)19-5-3-2-4-6-19;1-11-8-4-3-7(6-10)5-9(8)12-2/h2-14,24H,15-18H2,1H3;3-6H,1-2H3. The van der Waals surface area contributed by atoms with Crippen molar-refractivity contribution in [2.45, 2.75) is 4.90 Å². The lowest BCUT2D eigenvalue weighted by Crippen LogP contribution is -2.44. The Morgan fingerprint density at radius 2 is 1.38 bits per heavy atom. The summed E-state index contributed by atoms with van der Waals surface area (Å²) in [6, 6.07) is 32.9. The number of piperazine rings is 1. The molecule has 1 aliphatic heterocycles. The van der Waals surface area contributed by atoms with Gasteiger partial charge in [0.2, 0.25) is 0 Å². The van der Waals surface area contributed by atoms with Gasteiger partial charge in [-0.15, -0.1) is 0 Å². The van der Waals surface area contributed by atoms with E-state index in [1.54, 1.807) is 37.3 Å². The van der Waals surface area contributed by atoms with Crippen LogP contribution in [0.5, 0.6) is 11.5 Å². The van der Waals surface area contributed by atoms with Crippen LogP contribution in [-0.2, 0) is 0 Å². The molecule has 39 heavy (non-hydrogen) atoms. The molecule has 0 amide bonds. The summed E-state index contributed by atoms with van der Waals surface area (Å²) < 4.78 is 13.4. The van der Waals surface area contributed by atoms with Gasteiger partial charge in [0.15, 0.2) is 11.5 Å². The summed E-state index contributed by atoms with van der Waals surface area (Å²) in [5, 5.41) is 0. The Kier molecular flexibility index (Phi) is 10.3. The van der Waals surface area contributed by atoms with Crippen LogP contribution in [0.3, 0.4) is 0 Å². The molecule has 0 radical (unpaired) electrons. The Bertz CT molecular complexity index is 1310. The van der Waals surface area contributed by atoms with Gasteiger partial charge in [0, 0.05) is 48.0 Å². The summed E-state index contributed by atoms with van der Waals surface area (Å²) in [6.07, 6.45) is 0.766. The third-order valence-electron chi connectivity index (χ3n) is 6.53. The van der Waals surface area contributed by atoms with Crippen LogP contribution in [0.15, 0.2) is 102 Å². The van der Waals surface area contributed by atoms with Crippen molar-refractivity contribution in [3.05, 3.63) is 103 Å². The molecule has 1 N–H and O–H groups in total. The van der Waals surface area contributed by atoms with Crippen LogP contribution >= 0.6 is 11.9 Å². The number of hydrogen-bond donors (Lipinski definition) is 1. The molecular weight excluding hydrogens is 506 g/mol. The molecule has 1 heterocycles. The highest BCUT2D eigenvalue weighted by molar-refractivity contribution is 8.00. The van der Waals surface area contributed by atoms with Crippen molar-refractivity contribution in [1.82, 2.24) is 4.90 Å². The van der Waals surface area contributed by atoms with Gasteiger partial charge in [0.1, 0.15) is 6.29 Å². The van der Waals surface area contributed by atoms with Gasteiger partial charge in [-0.1, -0.05) is 42.5 Å². The zero-order chi connectivity index (χ0) is 27.5. The highest BCUT2D eigenvalue weighted by Crippen LogP contribution is 2.28. The Morgan fingerprint density at radius 1 is 0.744 bits per heavy atom. The average Bonchev–Trinajstić information content (AvgIpc) is 3.01. The van der Waals surface area contributed by atoms with E-state index in [9.17, 15) is 4.79 Å². The van der Waals surface area contributed by atoms with Crippen LogP contribution in [0, 0.1) is 0 Å². The second kappa shape index (κ2) is 14.3. The smallest absolute Gasteiger partial charge is 0.161 e. The number of benzene rings is 4. The first-order valence-corrected chi connectivity index (χ1v) is 13.7. The number of anilines is 2. The maximum Gasteiger partial charge on any atom is 0.161 e. The molecule has 0 bridgehead atoms. The summed E-state index contributed by atoms with van der Waals surface area (Å²) in [5.74, 6) is 1.20. The molecule has 0 aliphatic carbocycles. The fourth-order valence-electron chi connectivity index (χ4n) is 4.19. The number of nitrogens with zero attached hydrogens (tertiary/aromatic N) is 2. The summed E-state index contributed by atoms with van der Waals surface area (Å²) in [5.41, 5.74) is 5.52. The third-order valence-corrected chi connectivity index (χ3v) is 7.37. The van der Waals surface area contributed by atoms with Gasteiger partial charge in [0.25, 0.3) is 0 Å². The lowest BCUT2D eigenvalue weighted by atomic mass is 10.1. The Labute approximate surface area is 235 Å². The average molecular weight is 542 g/mol. The van der Waals surface area contributed by atoms with E-state index in [4.69, 9.17) is 9.47 Å². The molecule has 5 rings (SSSR count). The summed E-state index contributed by atoms with van der Waals surface area (Å²) >= 11 is 1.65. The summed E-state index contributed by atoms with van der Waals surface area (Å²) in [6.45, 7) is 4.47. The predicted octanol–water partition coefficient (Wildman–Crippen LogP) is 6.74. The maximum atomic E-state index is 10.4. The zero-order valence-electron chi connectivity index (χ0n) is 22.7. The van der Waals surface area contributed by atoms with Gasteiger partial charge in [-0.2, -0.15) is 0 Å². The Hall–Kier alpha value is -3.94. The minimum atomic E-state index is 0.571. The molecule has 1 saturated heterocycles. The molecule has 0 spiro atoms. The van der Waals surface area contributed by atoms with Crippen molar-refractivity contribution in [1.29, 1.82) is 0 Å². The summed E-state index contributed by atoms with van der Waals surface area (Å²) in [4.78, 5) is 16.4. The molecule has 6 nitrogen and oxygen atoms in total. The molecule has 0 aromatic heterocycles. The molecule has 7 heteroatoms. The fourth-order valence-corrected chi connectivity index (χ4v) is 4.84. The number of ether oxygens (including phenoxy) is 2. The molecule has 0 unspecified atom stereocenters. The Balaban J connectivity index is 0.000000247. The number of carbonyl (C=O) groups is 1. The first-order valence-electron chi connectivity index (χ1n) is 12.9. The molecule has 1 fully saturated rings. The van der Waals surface area contributed by atoms with Crippen LogP contribution in [0.1, 0.15) is 10.4 Å². The van der Waals surface area contributed by atoms with E-state index in [0.29, 0.717) is 17.1 Å². The van der Waals surface area contributed by atoms with E-state index >= 15 is 0 Å². The largest absolute Gasteiger partial charge is 0.493 e. The van der Waals surface area contributed by atoms with Crippen molar-refractivity contribution in [3.8, 4) is 22.6 Å². The molecule has 4 aromatic carbocycles. The van der Waals surface area contributed by atoms with Crippen LogP contribution in [0.4, 0.5) is 11.4 Å². The number of nitrogens with one attached hydrogen (secondary N) is 1. The van der Waals surface area contributed by atoms with Crippen LogP contribution in [0.25, 0.3) is 11.1 Å². The summed E-state index contributed by atoms with van der Waals surface area (Å²) in [7, 11) is 5.28.